The van der Waals surface area contributed by atoms with Crippen LogP contribution in [-0.4, -0.2) is 18.4 Å². The monoisotopic (exact) mass is 238 g/mol. The zero-order chi connectivity index (χ0) is 8.91. The first-order valence-corrected chi connectivity index (χ1v) is 6.78. The molecule has 0 saturated carbocycles. The van der Waals surface area contributed by atoms with Crippen LogP contribution < -0.4 is 0 Å². The van der Waals surface area contributed by atoms with E-state index in [1.807, 2.05) is 0 Å². The van der Waals surface area contributed by atoms with Crippen molar-refractivity contribution in [2.24, 2.45) is 0 Å². The first-order chi connectivity index (χ1) is 3.75. The van der Waals surface area contributed by atoms with Gasteiger partial charge < -0.3 is 0 Å². The third-order valence-electron chi connectivity index (χ3n) is 0.536. The predicted octanol–water partition coefficient (Wildman–Crippen LogP) is 2.78. The van der Waals surface area contributed by atoms with Crippen LogP contribution in [0.25, 0.3) is 0 Å². The van der Waals surface area contributed by atoms with Crippen LogP contribution >= 0.6 is 0 Å². The Morgan fingerprint density at radius 1 is 0.700 bits per heavy atom. The Bertz CT molecular complexity index is 139. The van der Waals surface area contributed by atoms with E-state index in [0.717, 1.165) is 0 Å². The van der Waals surface area contributed by atoms with Crippen LogP contribution in [0.1, 0.15) is 0 Å². The Morgan fingerprint density at radius 3 is 0.800 bits per heavy atom. The number of halogens is 8. The van der Waals surface area contributed by atoms with Crippen LogP contribution in [0.2, 0.25) is 0 Å². The molecular weight excluding hydrogens is 237 g/mol. The summed E-state index contributed by atoms with van der Waals surface area (Å²) >= 11 is -12.0. The summed E-state index contributed by atoms with van der Waals surface area (Å²) in [4.78, 5) is 0. The van der Waals surface area contributed by atoms with E-state index in [9.17, 15) is 30.7 Å². The van der Waals surface area contributed by atoms with E-state index in [1.165, 1.54) is 0 Å². The van der Waals surface area contributed by atoms with Crippen LogP contribution in [0, 0.1) is 0 Å². The van der Waals surface area contributed by atoms with E-state index in [4.69, 9.17) is 0 Å². The Hall–Kier alpha value is -0.0171. The van der Waals surface area contributed by atoms with Crippen molar-refractivity contribution in [1.29, 1.82) is 0 Å². The molecule has 9 heteroatoms. The van der Waals surface area contributed by atoms with E-state index in [0.29, 0.717) is 0 Å². The molecule has 0 atom stereocenters. The van der Waals surface area contributed by atoms with Gasteiger partial charge in [-0.3, -0.25) is 0 Å². The first kappa shape index (κ1) is 9.98. The van der Waals surface area contributed by atoms with Gasteiger partial charge in [-0.15, -0.1) is 0 Å². The summed E-state index contributed by atoms with van der Waals surface area (Å²) in [6.07, 6.45) is 0. The number of hydrogen-bond donors (Lipinski definition) is 0. The molecule has 0 nitrogen and oxygen atoms in total. The van der Waals surface area contributed by atoms with Gasteiger partial charge in [0, 0.05) is 0 Å². The molecule has 0 fully saturated rings. The molecule has 0 aromatic heterocycles. The Balaban J connectivity index is 5.14. The number of rotatable bonds is 0. The van der Waals surface area contributed by atoms with Gasteiger partial charge in [0.15, 0.2) is 0 Å². The Morgan fingerprint density at radius 2 is 0.800 bits per heavy atom. The van der Waals surface area contributed by atoms with Crippen LogP contribution in [0.3, 0.4) is 0 Å². The van der Waals surface area contributed by atoms with E-state index in [1.54, 1.807) is 0 Å². The van der Waals surface area contributed by atoms with E-state index >= 15 is 0 Å². The summed E-state index contributed by atoms with van der Waals surface area (Å²) in [7, 11) is 0. The maximum absolute atomic E-state index is 12.0. The predicted molar refractivity (Wildman–Crippen MR) is 17.3 cm³/mol. The molecule has 0 unspecified atom stereocenters. The SMILES string of the molecule is F[C](F)(F)[Ge-2]([F])([F])([F])([F])[F]. The number of alkyl halides is 3. The van der Waals surface area contributed by atoms with Gasteiger partial charge in [0.2, 0.25) is 0 Å². The van der Waals surface area contributed by atoms with E-state index in [-0.39, 0.29) is 0 Å². The van der Waals surface area contributed by atoms with Crippen molar-refractivity contribution in [2.75, 3.05) is 0 Å². The van der Waals surface area contributed by atoms with Crippen LogP contribution in [0.15, 0.2) is 0 Å². The topological polar surface area (TPSA) is 0 Å². The average molecular weight is 237 g/mol. The van der Waals surface area contributed by atoms with Crippen LogP contribution in [0.5, 0.6) is 0 Å². The molecule has 0 saturated heterocycles. The minimum absolute atomic E-state index is 7.33. The van der Waals surface area contributed by atoms with Gasteiger partial charge in [-0.2, -0.15) is 0 Å². The third kappa shape index (κ3) is 1.73. The van der Waals surface area contributed by atoms with Gasteiger partial charge >= 0.3 is 49.1 Å². The second-order valence-corrected chi connectivity index (χ2v) is 7.85. The van der Waals surface area contributed by atoms with Crippen molar-refractivity contribution in [2.45, 2.75) is 5.01 Å². The summed E-state index contributed by atoms with van der Waals surface area (Å²) in [6, 6.07) is 0. The molecule has 0 aliphatic heterocycles. The summed E-state index contributed by atoms with van der Waals surface area (Å²) in [5, 5.41) is -7.33. The quantitative estimate of drug-likeness (QED) is 0.448. The van der Waals surface area contributed by atoms with Crippen molar-refractivity contribution >= 4 is 13.4 Å². The molecule has 0 rings (SSSR count). The number of hydrogen-bond acceptors (Lipinski definition) is 0. The fourth-order valence-electron chi connectivity index (χ4n) is 0. The molecule has 66 valence electrons. The van der Waals surface area contributed by atoms with Gasteiger partial charge in [-0.05, 0) is 0 Å². The van der Waals surface area contributed by atoms with Crippen LogP contribution in [-0.2, 0) is 0 Å². The molecule has 10 heavy (non-hydrogen) atoms. The van der Waals surface area contributed by atoms with Crippen molar-refractivity contribution in [3.63, 3.8) is 0 Å². The van der Waals surface area contributed by atoms with Crippen molar-refractivity contribution in [3.8, 4) is 0 Å². The average Bonchev–Trinajstić information content (AvgIpc) is 1.16. The van der Waals surface area contributed by atoms with Gasteiger partial charge in [0.25, 0.3) is 0 Å². The zero-order valence-corrected chi connectivity index (χ0v) is 6.12. The summed E-state index contributed by atoms with van der Waals surface area (Å²) in [5.41, 5.74) is 0. The molecule has 0 aliphatic carbocycles. The molecule has 0 aromatic carbocycles. The molecule has 0 aromatic rings. The molecule has 0 aliphatic rings. The molecule has 0 amide bonds. The zero-order valence-electron chi connectivity index (χ0n) is 4.02. The fraction of sp³-hybridized carbons (Fsp3) is 1.00. The first-order valence-electron chi connectivity index (χ1n) is 1.76. The molecule has 0 bridgehead atoms. The maximum atomic E-state index is 10.7. The van der Waals surface area contributed by atoms with Gasteiger partial charge in [-0.1, -0.05) is 0 Å². The van der Waals surface area contributed by atoms with Crippen molar-refractivity contribution < 1.29 is 30.7 Å². The van der Waals surface area contributed by atoms with Crippen molar-refractivity contribution in [1.82, 2.24) is 0 Å². The molecule has 0 N–H and O–H groups in total. The van der Waals surface area contributed by atoms with Crippen LogP contribution in [0.4, 0.5) is 30.7 Å². The second kappa shape index (κ2) is 1.30. The van der Waals surface area contributed by atoms with E-state index in [2.05, 4.69) is 0 Å². The molecular formula is CF8Ge-2. The summed E-state index contributed by atoms with van der Waals surface area (Å²) in [5.74, 6) is 0. The standard InChI is InChI=1S/CF8Ge/c2-1(3,4)10(5,6,7,8)9/q-2. The van der Waals surface area contributed by atoms with Gasteiger partial charge in [0.05, 0.1) is 0 Å². The summed E-state index contributed by atoms with van der Waals surface area (Å²) < 4.78 is 85.0. The molecule has 0 radical (unpaired) electrons. The summed E-state index contributed by atoms with van der Waals surface area (Å²) in [6.45, 7) is 0. The van der Waals surface area contributed by atoms with Crippen molar-refractivity contribution in [3.05, 3.63) is 0 Å². The molecule has 0 spiro atoms. The normalized spacial score (nSPS) is 21.6. The van der Waals surface area contributed by atoms with E-state index < -0.39 is 18.4 Å². The van der Waals surface area contributed by atoms with Gasteiger partial charge in [-0.25, -0.2) is 0 Å². The Kier molecular flexibility index (Phi) is 1.30. The van der Waals surface area contributed by atoms with Gasteiger partial charge in [0.1, 0.15) is 0 Å². The Labute approximate surface area is 50.1 Å². The minimum atomic E-state index is -12.0. The molecule has 0 heterocycles. The third-order valence-corrected chi connectivity index (χ3v) is 2.78. The fourth-order valence-corrected chi connectivity index (χ4v) is 0. The second-order valence-electron chi connectivity index (χ2n) is 1.68.